The highest BCUT2D eigenvalue weighted by atomic mass is 19.1. The van der Waals surface area contributed by atoms with Gasteiger partial charge in [-0.3, -0.25) is 4.98 Å². The molecule has 0 saturated heterocycles. The quantitative estimate of drug-likeness (QED) is 0.745. The molecule has 1 aromatic heterocycles. The Balaban J connectivity index is 2.59. The van der Waals surface area contributed by atoms with E-state index in [1.54, 1.807) is 18.3 Å². The zero-order valence-corrected chi connectivity index (χ0v) is 7.94. The van der Waals surface area contributed by atoms with Crippen molar-refractivity contribution in [3.8, 4) is 11.1 Å². The second-order valence-corrected chi connectivity index (χ2v) is 3.20. The van der Waals surface area contributed by atoms with Crippen molar-refractivity contribution in [2.45, 2.75) is 0 Å². The van der Waals surface area contributed by atoms with Gasteiger partial charge in [-0.05, 0) is 17.7 Å². The number of benzene rings is 1. The average molecular weight is 203 g/mol. The van der Waals surface area contributed by atoms with Gasteiger partial charge in [-0.2, -0.15) is 0 Å². The molecule has 0 radical (unpaired) electrons. The van der Waals surface area contributed by atoms with Crippen LogP contribution in [0.15, 0.2) is 36.7 Å². The molecule has 15 heavy (non-hydrogen) atoms. The third-order valence-corrected chi connectivity index (χ3v) is 2.15. The molecule has 0 amide bonds. The highest BCUT2D eigenvalue weighted by molar-refractivity contribution is 5.83. The molecule has 4 N–H and O–H groups in total. The van der Waals surface area contributed by atoms with Gasteiger partial charge < -0.3 is 11.5 Å². The van der Waals surface area contributed by atoms with Crippen LogP contribution in [0.2, 0.25) is 0 Å². The number of aromatic nitrogens is 1. The fourth-order valence-corrected chi connectivity index (χ4v) is 1.37. The van der Waals surface area contributed by atoms with Crippen LogP contribution in [0.4, 0.5) is 15.8 Å². The number of nitrogens with two attached hydrogens (primary N) is 2. The topological polar surface area (TPSA) is 64.9 Å². The molecule has 0 aliphatic heterocycles. The third kappa shape index (κ3) is 1.74. The van der Waals surface area contributed by atoms with Crippen molar-refractivity contribution in [2.75, 3.05) is 11.5 Å². The highest BCUT2D eigenvalue weighted by Crippen LogP contribution is 2.28. The molecule has 2 aromatic rings. The molecule has 76 valence electrons. The van der Waals surface area contributed by atoms with Crippen LogP contribution in [0.5, 0.6) is 0 Å². The molecular formula is C11H10FN3. The minimum absolute atomic E-state index is 0.311. The second kappa shape index (κ2) is 3.57. The number of nitrogen functional groups attached to an aromatic ring is 2. The van der Waals surface area contributed by atoms with E-state index in [1.165, 1.54) is 18.3 Å². The number of hydrogen-bond donors (Lipinski definition) is 2. The summed E-state index contributed by atoms with van der Waals surface area (Å²) in [6.07, 6.45) is 3.04. The molecule has 0 aliphatic carbocycles. The first kappa shape index (κ1) is 9.45. The summed E-state index contributed by atoms with van der Waals surface area (Å²) in [6, 6.07) is 6.15. The number of anilines is 2. The van der Waals surface area contributed by atoms with Gasteiger partial charge in [0, 0.05) is 11.8 Å². The summed E-state index contributed by atoms with van der Waals surface area (Å²) in [4.78, 5) is 3.92. The fraction of sp³-hybridized carbons (Fsp3) is 0. The Kier molecular flexibility index (Phi) is 2.25. The summed E-state index contributed by atoms with van der Waals surface area (Å²) < 4.78 is 13.0. The number of halogens is 1. The summed E-state index contributed by atoms with van der Waals surface area (Å²) in [5, 5.41) is 0. The SMILES string of the molecule is Nc1cncc(-c2cccc(F)c2)c1N. The van der Waals surface area contributed by atoms with Crippen LogP contribution in [0, 0.1) is 5.82 Å². The van der Waals surface area contributed by atoms with E-state index < -0.39 is 0 Å². The normalized spacial score (nSPS) is 10.2. The maximum atomic E-state index is 13.0. The van der Waals surface area contributed by atoms with Gasteiger partial charge in [0.2, 0.25) is 0 Å². The third-order valence-electron chi connectivity index (χ3n) is 2.15. The Hall–Kier alpha value is -2.10. The van der Waals surface area contributed by atoms with E-state index >= 15 is 0 Å². The molecule has 0 spiro atoms. The Labute approximate surface area is 86.6 Å². The monoisotopic (exact) mass is 203 g/mol. The van der Waals surface area contributed by atoms with Crippen molar-refractivity contribution < 1.29 is 4.39 Å². The van der Waals surface area contributed by atoms with E-state index in [1.807, 2.05) is 0 Å². The van der Waals surface area contributed by atoms with Gasteiger partial charge in [-0.15, -0.1) is 0 Å². The molecule has 0 aliphatic rings. The van der Waals surface area contributed by atoms with Gasteiger partial charge in [-0.25, -0.2) is 4.39 Å². The summed E-state index contributed by atoms with van der Waals surface area (Å²) in [7, 11) is 0. The first-order valence-electron chi connectivity index (χ1n) is 4.43. The summed E-state index contributed by atoms with van der Waals surface area (Å²) >= 11 is 0. The summed E-state index contributed by atoms with van der Waals surface area (Å²) in [6.45, 7) is 0. The molecule has 4 heteroatoms. The smallest absolute Gasteiger partial charge is 0.123 e. The Bertz CT molecular complexity index is 497. The van der Waals surface area contributed by atoms with Crippen molar-refractivity contribution in [3.05, 3.63) is 42.5 Å². The lowest BCUT2D eigenvalue weighted by atomic mass is 10.1. The molecule has 0 saturated carbocycles. The van der Waals surface area contributed by atoms with Gasteiger partial charge in [0.1, 0.15) is 5.82 Å². The van der Waals surface area contributed by atoms with Crippen LogP contribution in [0.1, 0.15) is 0 Å². The zero-order chi connectivity index (χ0) is 10.8. The van der Waals surface area contributed by atoms with Crippen molar-refractivity contribution in [1.82, 2.24) is 4.98 Å². The molecule has 0 unspecified atom stereocenters. The molecule has 0 bridgehead atoms. The first-order valence-corrected chi connectivity index (χ1v) is 4.43. The molecule has 3 nitrogen and oxygen atoms in total. The standard InChI is InChI=1S/C11H10FN3/c12-8-3-1-2-7(4-8)9-5-15-6-10(13)11(9)14/h1-6H,13H2,(H2,14,15). The van der Waals surface area contributed by atoms with Crippen LogP contribution in [0.3, 0.4) is 0 Å². The predicted octanol–water partition coefficient (Wildman–Crippen LogP) is 2.05. The molecular weight excluding hydrogens is 193 g/mol. The zero-order valence-electron chi connectivity index (χ0n) is 7.94. The first-order chi connectivity index (χ1) is 7.18. The number of nitrogens with zero attached hydrogens (tertiary/aromatic N) is 1. The minimum atomic E-state index is -0.311. The number of rotatable bonds is 1. The van der Waals surface area contributed by atoms with Crippen LogP contribution < -0.4 is 11.5 Å². The van der Waals surface area contributed by atoms with Crippen LogP contribution >= 0.6 is 0 Å². The van der Waals surface area contributed by atoms with Crippen LogP contribution in [-0.2, 0) is 0 Å². The van der Waals surface area contributed by atoms with Gasteiger partial charge >= 0.3 is 0 Å². The van der Waals surface area contributed by atoms with Gasteiger partial charge in [0.05, 0.1) is 17.6 Å². The van der Waals surface area contributed by atoms with Crippen molar-refractivity contribution in [2.24, 2.45) is 0 Å². The molecule has 1 heterocycles. The van der Waals surface area contributed by atoms with E-state index in [4.69, 9.17) is 11.5 Å². The lowest BCUT2D eigenvalue weighted by Crippen LogP contribution is -1.98. The number of pyridine rings is 1. The Morgan fingerprint density at radius 3 is 2.67 bits per heavy atom. The average Bonchev–Trinajstić information content (AvgIpc) is 2.22. The van der Waals surface area contributed by atoms with E-state index in [0.29, 0.717) is 22.5 Å². The van der Waals surface area contributed by atoms with Crippen molar-refractivity contribution in [3.63, 3.8) is 0 Å². The van der Waals surface area contributed by atoms with Crippen LogP contribution in [0.25, 0.3) is 11.1 Å². The second-order valence-electron chi connectivity index (χ2n) is 3.20. The van der Waals surface area contributed by atoms with Crippen molar-refractivity contribution in [1.29, 1.82) is 0 Å². The maximum absolute atomic E-state index is 13.0. The lowest BCUT2D eigenvalue weighted by molar-refractivity contribution is 0.628. The lowest BCUT2D eigenvalue weighted by Gasteiger charge is -2.07. The molecule has 2 rings (SSSR count). The predicted molar refractivity (Wildman–Crippen MR) is 58.5 cm³/mol. The van der Waals surface area contributed by atoms with Crippen molar-refractivity contribution >= 4 is 11.4 Å². The minimum Gasteiger partial charge on any atom is -0.396 e. The summed E-state index contributed by atoms with van der Waals surface area (Å²) in [5.41, 5.74) is 13.5. The van der Waals surface area contributed by atoms with E-state index in [0.717, 1.165) is 0 Å². The van der Waals surface area contributed by atoms with E-state index in [2.05, 4.69) is 4.98 Å². The maximum Gasteiger partial charge on any atom is 0.123 e. The largest absolute Gasteiger partial charge is 0.396 e. The number of hydrogen-bond acceptors (Lipinski definition) is 3. The Morgan fingerprint density at radius 1 is 1.13 bits per heavy atom. The fourth-order valence-electron chi connectivity index (χ4n) is 1.37. The molecule has 0 atom stereocenters. The van der Waals surface area contributed by atoms with E-state index in [9.17, 15) is 4.39 Å². The molecule has 1 aromatic carbocycles. The van der Waals surface area contributed by atoms with Gasteiger partial charge in [-0.1, -0.05) is 12.1 Å². The van der Waals surface area contributed by atoms with Crippen LogP contribution in [-0.4, -0.2) is 4.98 Å². The highest BCUT2D eigenvalue weighted by Gasteiger charge is 2.06. The Morgan fingerprint density at radius 2 is 1.93 bits per heavy atom. The van der Waals surface area contributed by atoms with Gasteiger partial charge in [0.15, 0.2) is 0 Å². The summed E-state index contributed by atoms with van der Waals surface area (Å²) in [5.74, 6) is -0.311. The molecule has 0 fully saturated rings. The van der Waals surface area contributed by atoms with E-state index in [-0.39, 0.29) is 5.82 Å². The van der Waals surface area contributed by atoms with Gasteiger partial charge in [0.25, 0.3) is 0 Å².